The molecular weight excluding hydrogens is 201 g/mol. The van der Waals surface area contributed by atoms with E-state index in [-0.39, 0.29) is 110 Å². The summed E-state index contributed by atoms with van der Waals surface area (Å²) in [5.41, 5.74) is 0. The molecule has 0 radical (unpaired) electrons. The molecule has 0 N–H and O–H groups in total. The first kappa shape index (κ1) is 29.2. The van der Waals surface area contributed by atoms with Crippen molar-refractivity contribution >= 4 is 12.1 Å². The number of hydrogen-bond donors (Lipinski definition) is 0. The van der Waals surface area contributed by atoms with Crippen molar-refractivity contribution in [1.82, 2.24) is 0 Å². The Bertz CT molecular complexity index is 77.7. The van der Waals surface area contributed by atoms with Crippen LogP contribution in [0.1, 0.15) is 6.92 Å². The third-order valence-corrected chi connectivity index (χ3v) is 0. The molecule has 0 saturated carbocycles. The summed E-state index contributed by atoms with van der Waals surface area (Å²) in [6, 6.07) is 0. The maximum Gasteiger partial charge on any atom is 1.00 e. The van der Waals surface area contributed by atoms with Crippen LogP contribution in [0.5, 0.6) is 0 Å². The number of carboxylic acid groups (broad SMARTS) is 3. The summed E-state index contributed by atoms with van der Waals surface area (Å²) in [6.45, 7) is 0.972. The molecule has 0 amide bonds. The quantitative estimate of drug-likeness (QED) is 0.364. The Kier molecular flexibility index (Phi) is 60.6. The molecule has 0 saturated heterocycles. The summed E-state index contributed by atoms with van der Waals surface area (Å²) in [5, 5.41) is 25.6. The van der Waals surface area contributed by atoms with Crippen LogP contribution in [0, 0.1) is 0 Å². The first-order valence-electron chi connectivity index (χ1n) is 1.52. The summed E-state index contributed by atoms with van der Waals surface area (Å²) in [5.74, 6) is -1.08. The van der Waals surface area contributed by atoms with Crippen molar-refractivity contribution in [3.05, 3.63) is 0 Å². The van der Waals surface area contributed by atoms with Gasteiger partial charge in [-0.25, -0.2) is 0 Å². The van der Waals surface area contributed by atoms with Gasteiger partial charge in [-0.2, -0.15) is 0 Å². The molecule has 5 nitrogen and oxygen atoms in total. The standard InChI is InChI=1S/C2H4O2.CH2O3.K.2Na/c1-2(3)4;2-1(3)4;;;/h1H3,(H,3,4);(H2,2,3,4);;;/q;;3*+1/p-3. The van der Waals surface area contributed by atoms with Gasteiger partial charge in [0.2, 0.25) is 0 Å². The topological polar surface area (TPSA) is 103 Å². The summed E-state index contributed by atoms with van der Waals surface area (Å²) in [4.78, 5) is 17.2. The molecule has 0 aromatic carbocycles. The number of hydrogen-bond acceptors (Lipinski definition) is 5. The molecule has 0 aromatic heterocycles. The van der Waals surface area contributed by atoms with Crippen LogP contribution >= 0.6 is 0 Å². The maximum absolute atomic E-state index is 8.89. The van der Waals surface area contributed by atoms with Crippen molar-refractivity contribution in [3.63, 3.8) is 0 Å². The largest absolute Gasteiger partial charge is 1.00 e. The molecule has 0 aliphatic carbocycles. The molecule has 0 bridgehead atoms. The average Bonchev–Trinajstić information content (AvgIpc) is 1.25. The van der Waals surface area contributed by atoms with Crippen molar-refractivity contribution in [2.24, 2.45) is 0 Å². The van der Waals surface area contributed by atoms with E-state index in [1.165, 1.54) is 0 Å². The normalized spacial score (nSPS) is 4.45. The van der Waals surface area contributed by atoms with Crippen molar-refractivity contribution in [3.8, 4) is 0 Å². The molecule has 0 spiro atoms. The first-order valence-corrected chi connectivity index (χ1v) is 1.52. The fraction of sp³-hybridized carbons (Fsp3) is 0.333. The monoisotopic (exact) mass is 204 g/mol. The zero-order valence-electron chi connectivity index (χ0n) is 7.04. The molecule has 48 valence electrons. The second kappa shape index (κ2) is 22.8. The predicted molar refractivity (Wildman–Crippen MR) is 16.1 cm³/mol. The minimum absolute atomic E-state index is 0. The van der Waals surface area contributed by atoms with Crippen LogP contribution in [0.4, 0.5) is 4.79 Å². The third kappa shape index (κ3) is 236. The first-order chi connectivity index (χ1) is 3.46. The molecule has 0 fully saturated rings. The van der Waals surface area contributed by atoms with Gasteiger partial charge < -0.3 is 24.9 Å². The van der Waals surface area contributed by atoms with Crippen LogP contribution in [0.25, 0.3) is 0 Å². The third-order valence-electron chi connectivity index (χ3n) is 0. The van der Waals surface area contributed by atoms with Crippen molar-refractivity contribution in [1.29, 1.82) is 0 Å². The van der Waals surface area contributed by atoms with Gasteiger partial charge in [-0.1, -0.05) is 0 Å². The van der Waals surface area contributed by atoms with Crippen LogP contribution in [-0.4, -0.2) is 12.1 Å². The molecular formula is C3H3KNa2O5. The van der Waals surface area contributed by atoms with E-state index in [4.69, 9.17) is 24.9 Å². The van der Waals surface area contributed by atoms with E-state index in [1.54, 1.807) is 0 Å². The summed E-state index contributed by atoms with van der Waals surface area (Å²) in [7, 11) is 0. The van der Waals surface area contributed by atoms with Crippen molar-refractivity contribution in [2.75, 3.05) is 0 Å². The summed E-state index contributed by atoms with van der Waals surface area (Å²) >= 11 is 0. The van der Waals surface area contributed by atoms with E-state index in [0.29, 0.717) is 0 Å². The van der Waals surface area contributed by atoms with E-state index in [9.17, 15) is 0 Å². The Morgan fingerprint density at radius 2 is 1.00 bits per heavy atom. The fourth-order valence-electron chi connectivity index (χ4n) is 0. The van der Waals surface area contributed by atoms with Crippen molar-refractivity contribution in [2.45, 2.75) is 6.92 Å². The van der Waals surface area contributed by atoms with Crippen LogP contribution in [0.3, 0.4) is 0 Å². The van der Waals surface area contributed by atoms with Gasteiger partial charge in [0.1, 0.15) is 0 Å². The maximum atomic E-state index is 8.89. The number of carbonyl (C=O) groups excluding carboxylic acids is 2. The second-order valence-electron chi connectivity index (χ2n) is 0.742. The SMILES string of the molecule is CC(=O)[O-].O=C([O-])[O-].[K+].[Na+].[Na+]. The van der Waals surface area contributed by atoms with Gasteiger partial charge in [0.05, 0.1) is 0 Å². The minimum Gasteiger partial charge on any atom is -0.652 e. The molecule has 0 heterocycles. The van der Waals surface area contributed by atoms with E-state index < -0.39 is 12.1 Å². The smallest absolute Gasteiger partial charge is 0.652 e. The van der Waals surface area contributed by atoms with Gasteiger partial charge in [0.15, 0.2) is 0 Å². The summed E-state index contributed by atoms with van der Waals surface area (Å²) in [6.07, 6.45) is -2.33. The van der Waals surface area contributed by atoms with E-state index in [0.717, 1.165) is 6.92 Å². The van der Waals surface area contributed by atoms with Gasteiger partial charge in [-0.05, 0) is 13.1 Å². The number of carbonyl (C=O) groups is 2. The Morgan fingerprint density at radius 1 is 1.00 bits per heavy atom. The fourth-order valence-corrected chi connectivity index (χ4v) is 0. The van der Waals surface area contributed by atoms with Gasteiger partial charge >= 0.3 is 110 Å². The van der Waals surface area contributed by atoms with Gasteiger partial charge in [-0.15, -0.1) is 0 Å². The average molecular weight is 204 g/mol. The zero-order valence-corrected chi connectivity index (χ0v) is 14.2. The molecule has 0 aliphatic heterocycles. The number of aliphatic carboxylic acids is 1. The van der Waals surface area contributed by atoms with Crippen LogP contribution < -0.4 is 126 Å². The van der Waals surface area contributed by atoms with Crippen LogP contribution in [0.2, 0.25) is 0 Å². The summed E-state index contributed by atoms with van der Waals surface area (Å²) < 4.78 is 0. The molecule has 0 rings (SSSR count). The second-order valence-corrected chi connectivity index (χ2v) is 0.742. The van der Waals surface area contributed by atoms with Crippen LogP contribution in [-0.2, 0) is 4.79 Å². The van der Waals surface area contributed by atoms with E-state index in [1.807, 2.05) is 0 Å². The zero-order chi connectivity index (χ0) is 7.15. The molecule has 0 unspecified atom stereocenters. The van der Waals surface area contributed by atoms with E-state index >= 15 is 0 Å². The van der Waals surface area contributed by atoms with Gasteiger partial charge in [0.25, 0.3) is 0 Å². The molecule has 0 aromatic rings. The molecule has 11 heavy (non-hydrogen) atoms. The predicted octanol–water partition coefficient (Wildman–Crippen LogP) is -12.7. The van der Waals surface area contributed by atoms with Gasteiger partial charge in [-0.3, -0.25) is 0 Å². The van der Waals surface area contributed by atoms with E-state index in [2.05, 4.69) is 0 Å². The number of carboxylic acids is 1. The minimum atomic E-state index is -2.33. The Hall–Kier alpha value is 2.38. The molecule has 0 atom stereocenters. The van der Waals surface area contributed by atoms with Gasteiger partial charge in [0, 0.05) is 5.97 Å². The Labute approximate surface area is 151 Å². The Balaban J connectivity index is -0.0000000171. The van der Waals surface area contributed by atoms with Crippen LogP contribution in [0.15, 0.2) is 0 Å². The number of rotatable bonds is 0. The molecule has 0 aliphatic rings. The Morgan fingerprint density at radius 3 is 1.00 bits per heavy atom. The van der Waals surface area contributed by atoms with Crippen molar-refractivity contribution < 1.29 is 135 Å². The molecule has 8 heteroatoms.